The van der Waals surface area contributed by atoms with Gasteiger partial charge in [0.1, 0.15) is 5.82 Å². The number of imidazole rings is 1. The molecule has 1 atom stereocenters. The van der Waals surface area contributed by atoms with Crippen molar-refractivity contribution in [2.45, 2.75) is 58.7 Å². The van der Waals surface area contributed by atoms with E-state index >= 15 is 0 Å². The molecule has 0 aromatic carbocycles. The maximum Gasteiger partial charge on any atom is 0.109 e. The van der Waals surface area contributed by atoms with E-state index in [4.69, 9.17) is 9.72 Å². The molecule has 4 nitrogen and oxygen atoms in total. The van der Waals surface area contributed by atoms with Gasteiger partial charge in [-0.15, -0.1) is 0 Å². The number of hydrogen-bond donors (Lipinski definition) is 1. The van der Waals surface area contributed by atoms with Crippen LogP contribution in [-0.2, 0) is 30.7 Å². The summed E-state index contributed by atoms with van der Waals surface area (Å²) in [5.74, 6) is 1.92. The topological polar surface area (TPSA) is 39.1 Å². The zero-order chi connectivity index (χ0) is 13.2. The minimum Gasteiger partial charge on any atom is -0.376 e. The van der Waals surface area contributed by atoms with Crippen molar-refractivity contribution in [2.75, 3.05) is 13.2 Å². The second-order valence-electron chi connectivity index (χ2n) is 6.19. The Hall–Kier alpha value is -0.870. The number of fused-ring (bicyclic) bond motifs is 1. The van der Waals surface area contributed by atoms with Crippen molar-refractivity contribution in [1.29, 1.82) is 0 Å². The summed E-state index contributed by atoms with van der Waals surface area (Å²) in [6, 6.07) is 0. The predicted octanol–water partition coefficient (Wildman–Crippen LogP) is 1.91. The summed E-state index contributed by atoms with van der Waals surface area (Å²) >= 11 is 0. The van der Waals surface area contributed by atoms with E-state index in [1.807, 2.05) is 0 Å². The highest BCUT2D eigenvalue weighted by Crippen LogP contribution is 2.22. The van der Waals surface area contributed by atoms with Crippen LogP contribution >= 0.6 is 0 Å². The summed E-state index contributed by atoms with van der Waals surface area (Å²) in [5, 5.41) is 3.42. The van der Waals surface area contributed by atoms with Crippen molar-refractivity contribution in [3.8, 4) is 0 Å². The Morgan fingerprint density at radius 2 is 2.37 bits per heavy atom. The quantitative estimate of drug-likeness (QED) is 0.902. The van der Waals surface area contributed by atoms with Crippen LogP contribution in [0.2, 0.25) is 0 Å². The first kappa shape index (κ1) is 13.1. The molecule has 2 aliphatic heterocycles. The number of rotatable bonds is 4. The van der Waals surface area contributed by atoms with E-state index < -0.39 is 0 Å². The van der Waals surface area contributed by atoms with Gasteiger partial charge in [0.2, 0.25) is 0 Å². The van der Waals surface area contributed by atoms with Crippen LogP contribution in [-0.4, -0.2) is 28.8 Å². The smallest absolute Gasteiger partial charge is 0.109 e. The summed E-state index contributed by atoms with van der Waals surface area (Å²) in [4.78, 5) is 4.88. The normalized spacial score (nSPS) is 23.0. The van der Waals surface area contributed by atoms with E-state index in [9.17, 15) is 0 Å². The lowest BCUT2D eigenvalue weighted by molar-refractivity contribution is 0.0954. The number of hydrogen-bond acceptors (Lipinski definition) is 3. The second kappa shape index (κ2) is 5.63. The first-order valence-corrected chi connectivity index (χ1v) is 7.63. The Morgan fingerprint density at radius 3 is 3.11 bits per heavy atom. The molecule has 1 saturated heterocycles. The number of ether oxygens (including phenoxy) is 1. The van der Waals surface area contributed by atoms with Gasteiger partial charge in [-0.05, 0) is 18.8 Å². The largest absolute Gasteiger partial charge is 0.376 e. The van der Waals surface area contributed by atoms with Gasteiger partial charge in [0, 0.05) is 38.2 Å². The molecule has 1 fully saturated rings. The fourth-order valence-electron chi connectivity index (χ4n) is 3.16. The first-order valence-electron chi connectivity index (χ1n) is 7.63. The third kappa shape index (κ3) is 2.84. The predicted molar refractivity (Wildman–Crippen MR) is 75.2 cm³/mol. The number of nitrogens with one attached hydrogen (secondary N) is 1. The Morgan fingerprint density at radius 1 is 1.47 bits per heavy atom. The second-order valence-corrected chi connectivity index (χ2v) is 6.19. The zero-order valence-electron chi connectivity index (χ0n) is 12.1. The number of nitrogens with zero attached hydrogens (tertiary/aromatic N) is 2. The van der Waals surface area contributed by atoms with Crippen molar-refractivity contribution in [1.82, 2.24) is 14.9 Å². The lowest BCUT2D eigenvalue weighted by Crippen LogP contribution is -2.26. The van der Waals surface area contributed by atoms with Gasteiger partial charge in [-0.1, -0.05) is 13.8 Å². The minimum absolute atomic E-state index is 0.402. The SMILES string of the molecule is CC(C)Cc1nc2c(n1CC1CCCO1)CCNC2. The summed E-state index contributed by atoms with van der Waals surface area (Å²) in [6.45, 7) is 8.47. The van der Waals surface area contributed by atoms with Crippen molar-refractivity contribution in [3.63, 3.8) is 0 Å². The van der Waals surface area contributed by atoms with Gasteiger partial charge < -0.3 is 14.6 Å². The first-order chi connectivity index (χ1) is 9.24. The van der Waals surface area contributed by atoms with Gasteiger partial charge in [-0.25, -0.2) is 4.98 Å². The Kier molecular flexibility index (Phi) is 3.89. The van der Waals surface area contributed by atoms with Crippen LogP contribution in [0.5, 0.6) is 0 Å². The molecule has 3 heterocycles. The molecule has 19 heavy (non-hydrogen) atoms. The Labute approximate surface area is 115 Å². The van der Waals surface area contributed by atoms with E-state index in [1.165, 1.54) is 30.1 Å². The molecule has 4 heteroatoms. The maximum absolute atomic E-state index is 5.81. The summed E-state index contributed by atoms with van der Waals surface area (Å²) in [6.07, 6.45) is 4.99. The zero-order valence-corrected chi connectivity index (χ0v) is 12.1. The van der Waals surface area contributed by atoms with Crippen LogP contribution in [0.1, 0.15) is 43.9 Å². The highest BCUT2D eigenvalue weighted by molar-refractivity contribution is 5.21. The lowest BCUT2D eigenvalue weighted by Gasteiger charge is -2.19. The van der Waals surface area contributed by atoms with Crippen LogP contribution < -0.4 is 5.32 Å². The molecule has 3 rings (SSSR count). The summed E-state index contributed by atoms with van der Waals surface area (Å²) in [7, 11) is 0. The van der Waals surface area contributed by atoms with Crippen molar-refractivity contribution >= 4 is 0 Å². The van der Waals surface area contributed by atoms with Crippen LogP contribution in [0, 0.1) is 5.92 Å². The molecule has 0 spiro atoms. The molecular weight excluding hydrogens is 238 g/mol. The average Bonchev–Trinajstić information content (AvgIpc) is 2.99. The highest BCUT2D eigenvalue weighted by atomic mass is 16.5. The van der Waals surface area contributed by atoms with E-state index in [-0.39, 0.29) is 0 Å². The van der Waals surface area contributed by atoms with Crippen LogP contribution in [0.15, 0.2) is 0 Å². The number of aromatic nitrogens is 2. The molecule has 0 radical (unpaired) electrons. The molecule has 2 aliphatic rings. The van der Waals surface area contributed by atoms with Gasteiger partial charge in [-0.3, -0.25) is 0 Å². The Balaban J connectivity index is 1.86. The molecule has 0 saturated carbocycles. The van der Waals surface area contributed by atoms with Gasteiger partial charge in [0.25, 0.3) is 0 Å². The molecule has 0 amide bonds. The molecule has 1 aromatic rings. The molecule has 106 valence electrons. The van der Waals surface area contributed by atoms with E-state index in [1.54, 1.807) is 0 Å². The average molecular weight is 263 g/mol. The van der Waals surface area contributed by atoms with Crippen molar-refractivity contribution in [2.24, 2.45) is 5.92 Å². The molecule has 0 aliphatic carbocycles. The van der Waals surface area contributed by atoms with E-state index in [0.29, 0.717) is 12.0 Å². The van der Waals surface area contributed by atoms with Crippen molar-refractivity contribution in [3.05, 3.63) is 17.2 Å². The van der Waals surface area contributed by atoms with Gasteiger partial charge in [-0.2, -0.15) is 0 Å². The fraction of sp³-hybridized carbons (Fsp3) is 0.800. The van der Waals surface area contributed by atoms with Crippen LogP contribution in [0.25, 0.3) is 0 Å². The van der Waals surface area contributed by atoms with E-state index in [0.717, 1.165) is 39.1 Å². The highest BCUT2D eigenvalue weighted by Gasteiger charge is 2.24. The van der Waals surface area contributed by atoms with Crippen LogP contribution in [0.4, 0.5) is 0 Å². The molecule has 1 N–H and O–H groups in total. The molecule has 0 bridgehead atoms. The van der Waals surface area contributed by atoms with Crippen molar-refractivity contribution < 1.29 is 4.74 Å². The van der Waals surface area contributed by atoms with Gasteiger partial charge in [0.05, 0.1) is 18.3 Å². The third-order valence-electron chi connectivity index (χ3n) is 4.07. The summed E-state index contributed by atoms with van der Waals surface area (Å²) in [5.41, 5.74) is 2.71. The van der Waals surface area contributed by atoms with Crippen LogP contribution in [0.3, 0.4) is 0 Å². The minimum atomic E-state index is 0.402. The molecular formula is C15H25N3O. The standard InChI is InChI=1S/C15H25N3O/c1-11(2)8-15-17-13-9-16-6-5-14(13)18(15)10-12-4-3-7-19-12/h11-12,16H,3-10H2,1-2H3. The monoisotopic (exact) mass is 263 g/mol. The Bertz CT molecular complexity index is 433. The summed E-state index contributed by atoms with van der Waals surface area (Å²) < 4.78 is 8.28. The fourth-order valence-corrected chi connectivity index (χ4v) is 3.16. The van der Waals surface area contributed by atoms with Gasteiger partial charge >= 0.3 is 0 Å². The molecule has 1 unspecified atom stereocenters. The maximum atomic E-state index is 5.81. The van der Waals surface area contributed by atoms with E-state index in [2.05, 4.69) is 23.7 Å². The van der Waals surface area contributed by atoms with Gasteiger partial charge in [0.15, 0.2) is 0 Å². The molecule has 1 aromatic heterocycles. The lowest BCUT2D eigenvalue weighted by atomic mass is 10.1. The third-order valence-corrected chi connectivity index (χ3v) is 4.07.